The van der Waals surface area contributed by atoms with Crippen molar-refractivity contribution in [3.05, 3.63) is 33.7 Å². The maximum Gasteiger partial charge on any atom is 0.263 e. The van der Waals surface area contributed by atoms with E-state index in [0.29, 0.717) is 18.2 Å². The van der Waals surface area contributed by atoms with Crippen molar-refractivity contribution in [1.82, 2.24) is 20.1 Å². The molecule has 1 aromatic heterocycles. The standard InChI is InChI=1S/C19H30N4O2/c1-14-8-13-23(16-5-9-20-10-6-16)19(25)17(14)18(24)21-11-7-15-4-3-12-22(15)2/h8,13,15-16,20H,3-7,9-12H2,1-2H3,(H,21,24). The first-order chi connectivity index (χ1) is 12.1. The molecule has 0 aliphatic carbocycles. The summed E-state index contributed by atoms with van der Waals surface area (Å²) in [4.78, 5) is 27.9. The van der Waals surface area contributed by atoms with E-state index in [1.165, 1.54) is 12.8 Å². The molecule has 138 valence electrons. The molecule has 1 amide bonds. The number of carbonyl (C=O) groups is 1. The van der Waals surface area contributed by atoms with E-state index in [4.69, 9.17) is 0 Å². The first-order valence-electron chi connectivity index (χ1n) is 9.49. The molecule has 0 spiro atoms. The predicted octanol–water partition coefficient (Wildman–Crippen LogP) is 1.30. The van der Waals surface area contributed by atoms with Crippen LogP contribution in [0.25, 0.3) is 0 Å². The normalized spacial score (nSPS) is 22.2. The summed E-state index contributed by atoms with van der Waals surface area (Å²) in [6.45, 7) is 5.43. The molecule has 6 nitrogen and oxygen atoms in total. The molecule has 2 saturated heterocycles. The topological polar surface area (TPSA) is 66.4 Å². The van der Waals surface area contributed by atoms with Crippen LogP contribution in [0, 0.1) is 6.92 Å². The van der Waals surface area contributed by atoms with Crippen LogP contribution in [0.1, 0.15) is 54.1 Å². The van der Waals surface area contributed by atoms with Crippen molar-refractivity contribution in [3.8, 4) is 0 Å². The highest BCUT2D eigenvalue weighted by Gasteiger charge is 2.23. The summed E-state index contributed by atoms with van der Waals surface area (Å²) in [6.07, 6.45) is 7.07. The van der Waals surface area contributed by atoms with Crippen molar-refractivity contribution in [3.63, 3.8) is 0 Å². The van der Waals surface area contributed by atoms with Gasteiger partial charge in [0, 0.05) is 24.8 Å². The van der Waals surface area contributed by atoms with Crippen molar-refractivity contribution in [2.45, 2.75) is 51.1 Å². The molecule has 2 aliphatic heterocycles. The van der Waals surface area contributed by atoms with Gasteiger partial charge < -0.3 is 20.1 Å². The van der Waals surface area contributed by atoms with E-state index in [1.807, 2.05) is 19.2 Å². The Kier molecular flexibility index (Phi) is 5.91. The second-order valence-electron chi connectivity index (χ2n) is 7.39. The first-order valence-corrected chi connectivity index (χ1v) is 9.49. The SMILES string of the molecule is Cc1ccn(C2CCNCC2)c(=O)c1C(=O)NCCC1CCCN1C. The summed E-state index contributed by atoms with van der Waals surface area (Å²) >= 11 is 0. The summed E-state index contributed by atoms with van der Waals surface area (Å²) < 4.78 is 1.76. The zero-order valence-corrected chi connectivity index (χ0v) is 15.4. The van der Waals surface area contributed by atoms with Gasteiger partial charge in [0.2, 0.25) is 0 Å². The number of amides is 1. The average molecular weight is 346 g/mol. The summed E-state index contributed by atoms with van der Waals surface area (Å²) in [5.74, 6) is -0.230. The minimum Gasteiger partial charge on any atom is -0.352 e. The van der Waals surface area contributed by atoms with Crippen LogP contribution in [0.3, 0.4) is 0 Å². The third-order valence-electron chi connectivity index (χ3n) is 5.69. The van der Waals surface area contributed by atoms with E-state index >= 15 is 0 Å². The van der Waals surface area contributed by atoms with Gasteiger partial charge in [-0.15, -0.1) is 0 Å². The highest BCUT2D eigenvalue weighted by Crippen LogP contribution is 2.18. The molecule has 25 heavy (non-hydrogen) atoms. The Morgan fingerprint density at radius 2 is 2.08 bits per heavy atom. The van der Waals surface area contributed by atoms with E-state index in [9.17, 15) is 9.59 Å². The maximum absolute atomic E-state index is 12.9. The Hall–Kier alpha value is -1.66. The molecular formula is C19H30N4O2. The van der Waals surface area contributed by atoms with E-state index in [-0.39, 0.29) is 17.5 Å². The maximum atomic E-state index is 12.9. The van der Waals surface area contributed by atoms with E-state index < -0.39 is 0 Å². The molecule has 0 bridgehead atoms. The van der Waals surface area contributed by atoms with Gasteiger partial charge in [-0.05, 0) is 77.3 Å². The number of likely N-dealkylation sites (tertiary alicyclic amines) is 1. The number of piperidine rings is 1. The first kappa shape index (κ1) is 18.1. The molecule has 2 aliphatic rings. The number of pyridine rings is 1. The Morgan fingerprint density at radius 1 is 1.32 bits per heavy atom. The molecule has 3 heterocycles. The van der Waals surface area contributed by atoms with Gasteiger partial charge in [0.1, 0.15) is 5.56 Å². The van der Waals surface area contributed by atoms with Gasteiger partial charge in [-0.1, -0.05) is 0 Å². The fourth-order valence-corrected chi connectivity index (χ4v) is 4.07. The monoisotopic (exact) mass is 346 g/mol. The fourth-order valence-electron chi connectivity index (χ4n) is 4.07. The van der Waals surface area contributed by atoms with Gasteiger partial charge in [0.15, 0.2) is 0 Å². The smallest absolute Gasteiger partial charge is 0.263 e. The number of hydrogen-bond donors (Lipinski definition) is 2. The van der Waals surface area contributed by atoms with Crippen molar-refractivity contribution in [1.29, 1.82) is 0 Å². The molecule has 2 N–H and O–H groups in total. The van der Waals surface area contributed by atoms with Crippen molar-refractivity contribution in [2.75, 3.05) is 33.2 Å². The summed E-state index contributed by atoms with van der Waals surface area (Å²) in [5.41, 5.74) is 0.911. The molecule has 0 saturated carbocycles. The van der Waals surface area contributed by atoms with E-state index in [0.717, 1.165) is 44.5 Å². The number of rotatable bonds is 5. The predicted molar refractivity (Wildman–Crippen MR) is 99.2 cm³/mol. The zero-order chi connectivity index (χ0) is 17.8. The summed E-state index contributed by atoms with van der Waals surface area (Å²) in [7, 11) is 2.14. The van der Waals surface area contributed by atoms with Crippen LogP contribution < -0.4 is 16.2 Å². The average Bonchev–Trinajstić information content (AvgIpc) is 3.01. The quantitative estimate of drug-likeness (QED) is 0.843. The second-order valence-corrected chi connectivity index (χ2v) is 7.39. The third-order valence-corrected chi connectivity index (χ3v) is 5.69. The molecule has 0 aromatic carbocycles. The molecule has 1 unspecified atom stereocenters. The van der Waals surface area contributed by atoms with Crippen LogP contribution in [0.2, 0.25) is 0 Å². The van der Waals surface area contributed by atoms with E-state index in [2.05, 4.69) is 22.6 Å². The van der Waals surface area contributed by atoms with Gasteiger partial charge >= 0.3 is 0 Å². The summed E-state index contributed by atoms with van der Waals surface area (Å²) in [6, 6.07) is 2.62. The van der Waals surface area contributed by atoms with Crippen LogP contribution in [-0.4, -0.2) is 54.6 Å². The van der Waals surface area contributed by atoms with Gasteiger partial charge in [0.05, 0.1) is 0 Å². The minimum absolute atomic E-state index is 0.151. The lowest BCUT2D eigenvalue weighted by molar-refractivity contribution is 0.0947. The van der Waals surface area contributed by atoms with Crippen LogP contribution in [0.15, 0.2) is 17.1 Å². The van der Waals surface area contributed by atoms with Crippen molar-refractivity contribution >= 4 is 5.91 Å². The largest absolute Gasteiger partial charge is 0.352 e. The second kappa shape index (κ2) is 8.15. The third kappa shape index (κ3) is 4.12. The van der Waals surface area contributed by atoms with Crippen molar-refractivity contribution in [2.24, 2.45) is 0 Å². The number of nitrogens with one attached hydrogen (secondary N) is 2. The highest BCUT2D eigenvalue weighted by molar-refractivity contribution is 5.95. The van der Waals surface area contributed by atoms with E-state index in [1.54, 1.807) is 4.57 Å². The van der Waals surface area contributed by atoms with Gasteiger partial charge in [-0.2, -0.15) is 0 Å². The molecule has 3 rings (SSSR count). The van der Waals surface area contributed by atoms with Crippen LogP contribution >= 0.6 is 0 Å². The van der Waals surface area contributed by atoms with Crippen LogP contribution in [0.4, 0.5) is 0 Å². The number of nitrogens with zero attached hydrogens (tertiary/aromatic N) is 2. The number of hydrogen-bond acceptors (Lipinski definition) is 4. The molecular weight excluding hydrogens is 316 g/mol. The van der Waals surface area contributed by atoms with Gasteiger partial charge in [-0.25, -0.2) is 0 Å². The van der Waals surface area contributed by atoms with Gasteiger partial charge in [-0.3, -0.25) is 9.59 Å². The van der Waals surface area contributed by atoms with Gasteiger partial charge in [0.25, 0.3) is 11.5 Å². The highest BCUT2D eigenvalue weighted by atomic mass is 16.2. The molecule has 6 heteroatoms. The summed E-state index contributed by atoms with van der Waals surface area (Å²) in [5, 5.41) is 6.28. The fraction of sp³-hybridized carbons (Fsp3) is 0.684. The Bertz CT molecular complexity index is 664. The molecule has 0 radical (unpaired) electrons. The molecule has 1 atom stereocenters. The van der Waals surface area contributed by atoms with Crippen LogP contribution in [-0.2, 0) is 0 Å². The number of aromatic nitrogens is 1. The lowest BCUT2D eigenvalue weighted by Crippen LogP contribution is -2.39. The minimum atomic E-state index is -0.230. The zero-order valence-electron chi connectivity index (χ0n) is 15.4. The van der Waals surface area contributed by atoms with Crippen molar-refractivity contribution < 1.29 is 4.79 Å². The van der Waals surface area contributed by atoms with Crippen LogP contribution in [0.5, 0.6) is 0 Å². The lowest BCUT2D eigenvalue weighted by Gasteiger charge is -2.25. The Labute approximate surface area is 149 Å². The number of aryl methyl sites for hydroxylation is 1. The molecule has 1 aromatic rings. The Morgan fingerprint density at radius 3 is 2.76 bits per heavy atom. The Balaban J connectivity index is 1.67. The number of carbonyl (C=O) groups excluding carboxylic acids is 1. The molecule has 2 fully saturated rings. The lowest BCUT2D eigenvalue weighted by atomic mass is 10.0.